The van der Waals surface area contributed by atoms with E-state index in [2.05, 4.69) is 477 Å². The minimum atomic E-state index is -2.37. The minimum Gasteiger partial charge on any atom is -0.339 e. The number of aromatic nitrogens is 3. The van der Waals surface area contributed by atoms with Gasteiger partial charge in [-0.3, -0.25) is 4.98 Å². The quantitative estimate of drug-likeness (QED) is 0.0451. The predicted octanol–water partition coefficient (Wildman–Crippen LogP) is 31.4. The maximum Gasteiger partial charge on any atom is 0.119 e. The Balaban J connectivity index is 0.000000150. The summed E-state index contributed by atoms with van der Waals surface area (Å²) in [6.45, 7) is 10.9. The number of fused-ring (bicyclic) bond motifs is 8. The molecule has 0 bridgehead atoms. The van der Waals surface area contributed by atoms with E-state index in [0.29, 0.717) is 0 Å². The van der Waals surface area contributed by atoms with Crippen LogP contribution in [0.2, 0.25) is 0 Å². The summed E-state index contributed by atoms with van der Waals surface area (Å²) in [5.41, 5.74) is 31.2. The first-order chi connectivity index (χ1) is 63.9. The summed E-state index contributed by atoms with van der Waals surface area (Å²) in [7, 11) is 14.8. The van der Waals surface area contributed by atoms with Crippen LogP contribution in [0.15, 0.2) is 467 Å². The number of hydrogen-bond acceptors (Lipinski definition) is 6. The number of rotatable bonds is 16. The molecule has 0 atom stereocenters. The van der Waals surface area contributed by atoms with E-state index in [4.69, 9.17) is 28.1 Å². The maximum atomic E-state index is 10.1. The molecule has 7 nitrogen and oxygen atoms in total. The molecule has 0 amide bonds. The van der Waals surface area contributed by atoms with Gasteiger partial charge in [-0.2, -0.15) is 6.08 Å². The van der Waals surface area contributed by atoms with Crippen molar-refractivity contribution in [3.63, 3.8) is 0 Å². The average Bonchev–Trinajstić information content (AvgIpc) is 1.54. The minimum absolute atomic E-state index is 0. The first-order valence-electron chi connectivity index (χ1n) is 44.1. The third-order valence-corrected chi connectivity index (χ3v) is 24.3. The van der Waals surface area contributed by atoms with Crippen LogP contribution in [0.4, 0.5) is 34.1 Å². The smallest absolute Gasteiger partial charge is 0.119 e. The van der Waals surface area contributed by atoms with Crippen LogP contribution in [0.3, 0.4) is 0 Å². The molecule has 21 rings (SSSR count). The monoisotopic (exact) mass is 1890 g/mol. The first kappa shape index (κ1) is 90.7. The molecule has 18 aromatic carbocycles. The number of para-hydroxylation sites is 3. The zero-order valence-electron chi connectivity index (χ0n) is 74.4. The molecule has 0 fully saturated rings. The summed E-state index contributed by atoms with van der Waals surface area (Å²) in [5.74, 6) is 0.0625. The van der Waals surface area contributed by atoms with Crippen LogP contribution in [-0.2, 0) is 35.7 Å². The molecule has 1 aliphatic carbocycles. The number of ketones is 1. The summed E-state index contributed by atoms with van der Waals surface area (Å²) in [6, 6.07) is 165. The number of allylic oxidation sites excluding steroid dienone is 2. The fourth-order valence-corrected chi connectivity index (χ4v) is 17.6. The zero-order chi connectivity index (χ0) is 90.4. The normalized spacial score (nSPS) is 11.8. The van der Waals surface area contributed by atoms with Crippen LogP contribution in [-0.4, -0.2) is 49.4 Å². The summed E-state index contributed by atoms with van der Waals surface area (Å²) < 4.78 is 2.37. The van der Waals surface area contributed by atoms with Crippen molar-refractivity contribution in [2.45, 2.75) is 45.4 Å². The second-order valence-corrected chi connectivity index (χ2v) is 36.0. The van der Waals surface area contributed by atoms with Crippen molar-refractivity contribution in [3.8, 4) is 72.6 Å². The van der Waals surface area contributed by atoms with Gasteiger partial charge < -0.3 is 24.3 Å². The van der Waals surface area contributed by atoms with Crippen molar-refractivity contribution in [2.75, 3.05) is 15.9 Å². The number of hydrogen-bond donors (Lipinski definition) is 1. The molecule has 1 aliphatic rings. The summed E-state index contributed by atoms with van der Waals surface area (Å²) in [5, 5.41) is 14.2. The largest absolute Gasteiger partial charge is 0.339 e. The van der Waals surface area contributed by atoms with Gasteiger partial charge in [-0.15, -0.1) is 42.7 Å². The molecule has 0 aliphatic heterocycles. The van der Waals surface area contributed by atoms with E-state index in [-0.39, 0.29) is 37.4 Å². The van der Waals surface area contributed by atoms with Crippen molar-refractivity contribution < 1.29 is 24.9 Å². The van der Waals surface area contributed by atoms with E-state index in [9.17, 15) is 4.79 Å². The van der Waals surface area contributed by atoms with Crippen LogP contribution >= 0.6 is 6.81 Å². The number of benzene rings is 18. The van der Waals surface area contributed by atoms with Crippen LogP contribution in [0.25, 0.3) is 116 Å². The molecule has 2 heterocycles. The van der Waals surface area contributed by atoms with E-state index in [1.165, 1.54) is 140 Å². The molecular formula is C120H96B3IrN6OP-2. The van der Waals surface area contributed by atoms with Crippen LogP contribution in [0.5, 0.6) is 0 Å². The van der Waals surface area contributed by atoms with Gasteiger partial charge in [0.2, 0.25) is 0 Å². The van der Waals surface area contributed by atoms with Gasteiger partial charge in [0.1, 0.15) is 21.5 Å². The van der Waals surface area contributed by atoms with E-state index in [0.717, 1.165) is 56.6 Å². The predicted molar refractivity (Wildman–Crippen MR) is 557 cm³/mol. The average molecular weight is 1890 g/mol. The third-order valence-electron chi connectivity index (χ3n) is 23.7. The van der Waals surface area contributed by atoms with Gasteiger partial charge in [-0.05, 0) is 215 Å². The standard InChI is InChI=1S/C56H38N2.C43H31N.C14H15N2.C6H9O.CH3B3NP.Ir/c1-2-16-45(17-3-1)58-55-23-9-8-20-53(55)54-38-44(30-37-56(54)58)39-24-31-46(32-25-39)57(47-33-26-42(27-34-47)51-21-10-14-40-12-4-6-18-49(40)51)48-35-28-43(29-36-48)52-22-11-15-41-13-5-7-19-50(41)52;1-4-14-32(15-5-1)33-24-28-37(29-25-33)44(36-18-8-3-9-19-36)38-30-26-35(27-31-38)43(34-16-6-2-7-17-34)41-22-12-10-20-39(41)40-21-11-13-23-42(40)43;1-14(2,3)13-9-12(15-10-16-13)11-7-5-4-6-8-11;1-5(2)4-6(3)7;2-1-6(3,4)5;/h1-38H;1-31H;4-7,9-10H,1-3H3;4H,1H2,2-3H3;5H,1H2;/q;;2*-1;;. The van der Waals surface area contributed by atoms with Crippen LogP contribution in [0, 0.1) is 18.2 Å². The SMILES string of the molecule is CC(C)(C)c1cc(-c2[c-]cccc2)ncn1.[B]CP([B])([B])=N.[CH2-]C(C)=CC(C)=O.[Ir].c1ccc(-c2ccc(N(c3ccccc3)c3ccc(C4(c5ccccc5)c5ccccc5-c5ccccc54)cc3)cc2)cc1.c1ccc(-n2c3ccccc3c3cc(-c4ccc(N(c5ccc(-c6cccc7ccccc67)cc5)c5ccc(-c6cccc7ccccc67)cc5)cc4)ccc32)cc1. The number of nitrogens with one attached hydrogen (secondary N) is 1. The molecule has 1 N–H and O–H groups in total. The molecule has 0 saturated carbocycles. The Morgan fingerprint density at radius 2 is 0.780 bits per heavy atom. The molecule has 132 heavy (non-hydrogen) atoms. The first-order valence-corrected chi connectivity index (χ1v) is 46.2. The van der Waals surface area contributed by atoms with Gasteiger partial charge in [-0.1, -0.05) is 355 Å². The maximum absolute atomic E-state index is 10.1. The Morgan fingerprint density at radius 1 is 0.402 bits per heavy atom. The topological polar surface area (TPSA) is 78.1 Å². The number of carbonyl (C=O) groups is 1. The molecule has 0 unspecified atom stereocenters. The van der Waals surface area contributed by atoms with Crippen LogP contribution in [0.1, 0.15) is 62.6 Å². The fourth-order valence-electron chi connectivity index (χ4n) is 17.6. The van der Waals surface area contributed by atoms with E-state index in [1.54, 1.807) is 13.3 Å². The molecule has 637 valence electrons. The Hall–Kier alpha value is -14.7. The van der Waals surface area contributed by atoms with Crippen molar-refractivity contribution in [3.05, 3.63) is 508 Å². The third kappa shape index (κ3) is 20.0. The van der Waals surface area contributed by atoms with Gasteiger partial charge in [0, 0.05) is 81.8 Å². The van der Waals surface area contributed by atoms with Crippen molar-refractivity contribution >= 4 is 113 Å². The second kappa shape index (κ2) is 41.0. The van der Waals surface area contributed by atoms with E-state index in [1.807, 2.05) is 30.3 Å². The molecule has 0 spiro atoms. The van der Waals surface area contributed by atoms with Gasteiger partial charge in [0.15, 0.2) is 0 Å². The molecule has 20 aromatic rings. The van der Waals surface area contributed by atoms with Crippen molar-refractivity contribution in [1.82, 2.24) is 14.5 Å². The Kier molecular flexibility index (Phi) is 28.1. The number of anilines is 6. The molecule has 7 radical (unpaired) electrons. The number of nitrogens with zero attached hydrogens (tertiary/aromatic N) is 5. The Morgan fingerprint density at radius 3 is 1.26 bits per heavy atom. The fraction of sp³-hybridized carbons (Fsp3) is 0.0667. The van der Waals surface area contributed by atoms with Crippen molar-refractivity contribution in [1.29, 1.82) is 5.16 Å². The molecule has 2 aromatic heterocycles. The Bertz CT molecular complexity index is 7260. The van der Waals surface area contributed by atoms with E-state index >= 15 is 0 Å². The van der Waals surface area contributed by atoms with Crippen molar-refractivity contribution in [2.24, 2.45) is 0 Å². The Labute approximate surface area is 793 Å². The van der Waals surface area contributed by atoms with Crippen LogP contribution < -0.4 is 9.80 Å². The molecular weight excluding hydrogens is 1800 g/mol. The second-order valence-electron chi connectivity index (χ2n) is 33.8. The van der Waals surface area contributed by atoms with Gasteiger partial charge in [0.25, 0.3) is 0 Å². The molecule has 0 saturated heterocycles. The summed E-state index contributed by atoms with van der Waals surface area (Å²) in [6.07, 6.45) is 3.12. The number of carbonyl (C=O) groups excluding carboxylic acids is 1. The zero-order valence-corrected chi connectivity index (χ0v) is 77.7. The molecule has 12 heteroatoms. The summed E-state index contributed by atoms with van der Waals surface area (Å²) >= 11 is 0. The van der Waals surface area contributed by atoms with Gasteiger partial charge in [-0.25, -0.2) is 17.5 Å². The van der Waals surface area contributed by atoms with Gasteiger partial charge in [0.05, 0.1) is 30.1 Å². The van der Waals surface area contributed by atoms with Gasteiger partial charge >= 0.3 is 0 Å². The summed E-state index contributed by atoms with van der Waals surface area (Å²) in [4.78, 5) is 23.4. The van der Waals surface area contributed by atoms with E-state index < -0.39 is 12.2 Å².